The number of hydrogen-bond donors (Lipinski definition) is 2. The highest BCUT2D eigenvalue weighted by molar-refractivity contribution is 5.85. The van der Waals surface area contributed by atoms with E-state index in [2.05, 4.69) is 17.1 Å². The smallest absolute Gasteiger partial charge is 0.0220 e. The summed E-state index contributed by atoms with van der Waals surface area (Å²) in [6.07, 6.45) is 3.87. The predicted molar refractivity (Wildman–Crippen MR) is 61.9 cm³/mol. The lowest BCUT2D eigenvalue weighted by Gasteiger charge is -2.25. The second-order valence-corrected chi connectivity index (χ2v) is 4.48. The first kappa shape index (κ1) is 12.2. The summed E-state index contributed by atoms with van der Waals surface area (Å²) >= 11 is 0. The third-order valence-corrected chi connectivity index (χ3v) is 3.56. The van der Waals surface area contributed by atoms with E-state index in [1.807, 2.05) is 0 Å². The van der Waals surface area contributed by atoms with Crippen molar-refractivity contribution >= 4 is 12.4 Å². The average Bonchev–Trinajstić information content (AvgIpc) is 2.71. The zero-order valence-electron chi connectivity index (χ0n) is 8.91. The molecule has 0 aromatic rings. The molecule has 3 atom stereocenters. The molecule has 84 valence electrons. The molecule has 0 aromatic heterocycles. The lowest BCUT2D eigenvalue weighted by atomic mass is 10.1. The first-order valence-electron chi connectivity index (χ1n) is 5.50. The van der Waals surface area contributed by atoms with E-state index in [0.717, 1.165) is 6.04 Å². The molecule has 3 N–H and O–H groups in total. The van der Waals surface area contributed by atoms with E-state index >= 15 is 0 Å². The molecule has 0 spiro atoms. The largest absolute Gasteiger partial charge is 0.326 e. The fourth-order valence-corrected chi connectivity index (χ4v) is 2.48. The van der Waals surface area contributed by atoms with Gasteiger partial charge in [0.25, 0.3) is 0 Å². The molecule has 2 aliphatic heterocycles. The molecule has 2 rings (SSSR count). The molecule has 2 heterocycles. The van der Waals surface area contributed by atoms with Crippen molar-refractivity contribution in [3.63, 3.8) is 0 Å². The van der Waals surface area contributed by atoms with Crippen LogP contribution in [0.15, 0.2) is 0 Å². The second-order valence-electron chi connectivity index (χ2n) is 4.48. The Balaban J connectivity index is 0.000000980. The molecular formula is C10H22ClN3. The number of hydrogen-bond acceptors (Lipinski definition) is 3. The molecule has 2 fully saturated rings. The van der Waals surface area contributed by atoms with Gasteiger partial charge in [0.1, 0.15) is 0 Å². The predicted octanol–water partition coefficient (Wildman–Crippen LogP) is 0.582. The van der Waals surface area contributed by atoms with Gasteiger partial charge in [0.2, 0.25) is 0 Å². The first-order chi connectivity index (χ1) is 6.27. The van der Waals surface area contributed by atoms with E-state index < -0.39 is 0 Å². The Morgan fingerprint density at radius 3 is 2.71 bits per heavy atom. The van der Waals surface area contributed by atoms with Crippen molar-refractivity contribution < 1.29 is 0 Å². The van der Waals surface area contributed by atoms with Crippen LogP contribution in [0.2, 0.25) is 0 Å². The van der Waals surface area contributed by atoms with Gasteiger partial charge < -0.3 is 11.1 Å². The Bertz CT molecular complexity index is 171. The molecular weight excluding hydrogens is 198 g/mol. The lowest BCUT2D eigenvalue weighted by molar-refractivity contribution is 0.237. The maximum atomic E-state index is 5.98. The molecule has 2 saturated heterocycles. The van der Waals surface area contributed by atoms with Crippen LogP contribution in [0.25, 0.3) is 0 Å². The number of nitrogens with two attached hydrogens (primary N) is 1. The van der Waals surface area contributed by atoms with Crippen molar-refractivity contribution in [2.24, 2.45) is 5.73 Å². The van der Waals surface area contributed by atoms with Gasteiger partial charge in [0.15, 0.2) is 0 Å². The minimum absolute atomic E-state index is 0. The van der Waals surface area contributed by atoms with Gasteiger partial charge in [-0.05, 0) is 32.7 Å². The number of halogens is 1. The molecule has 4 heteroatoms. The fraction of sp³-hybridized carbons (Fsp3) is 1.00. The highest BCUT2D eigenvalue weighted by atomic mass is 35.5. The molecule has 14 heavy (non-hydrogen) atoms. The summed E-state index contributed by atoms with van der Waals surface area (Å²) in [6, 6.07) is 1.72. The van der Waals surface area contributed by atoms with Crippen LogP contribution in [0.5, 0.6) is 0 Å². The first-order valence-corrected chi connectivity index (χ1v) is 5.50. The molecule has 0 radical (unpaired) electrons. The molecule has 0 amide bonds. The van der Waals surface area contributed by atoms with Crippen molar-refractivity contribution in [1.29, 1.82) is 0 Å². The van der Waals surface area contributed by atoms with Crippen LogP contribution in [-0.2, 0) is 0 Å². The molecule has 0 bridgehead atoms. The SMILES string of the molecule is CC1C(N)CCN1C[C@@H]1CCCN1.Cl. The van der Waals surface area contributed by atoms with Gasteiger partial charge in [-0.25, -0.2) is 0 Å². The van der Waals surface area contributed by atoms with Crippen LogP contribution in [0.3, 0.4) is 0 Å². The molecule has 3 nitrogen and oxygen atoms in total. The number of nitrogens with one attached hydrogen (secondary N) is 1. The van der Waals surface area contributed by atoms with Gasteiger partial charge in [-0.15, -0.1) is 12.4 Å². The summed E-state index contributed by atoms with van der Waals surface area (Å²) in [5, 5.41) is 3.54. The molecule has 0 aromatic carbocycles. The van der Waals surface area contributed by atoms with Crippen LogP contribution in [0.4, 0.5) is 0 Å². The maximum Gasteiger partial charge on any atom is 0.0220 e. The Kier molecular flexibility index (Phi) is 4.64. The van der Waals surface area contributed by atoms with Crippen LogP contribution >= 0.6 is 12.4 Å². The van der Waals surface area contributed by atoms with Crippen LogP contribution in [-0.4, -0.2) is 42.7 Å². The number of likely N-dealkylation sites (tertiary alicyclic amines) is 1. The van der Waals surface area contributed by atoms with Gasteiger partial charge in [0, 0.05) is 31.2 Å². The Morgan fingerprint density at radius 2 is 2.21 bits per heavy atom. The van der Waals surface area contributed by atoms with E-state index in [4.69, 9.17) is 5.73 Å². The summed E-state index contributed by atoms with van der Waals surface area (Å²) in [5.74, 6) is 0. The highest BCUT2D eigenvalue weighted by Gasteiger charge is 2.29. The van der Waals surface area contributed by atoms with Crippen molar-refractivity contribution in [2.75, 3.05) is 19.6 Å². The van der Waals surface area contributed by atoms with Gasteiger partial charge in [-0.3, -0.25) is 4.90 Å². The molecule has 2 unspecified atom stereocenters. The highest BCUT2D eigenvalue weighted by Crippen LogP contribution is 2.17. The lowest BCUT2D eigenvalue weighted by Crippen LogP contribution is -2.43. The zero-order valence-corrected chi connectivity index (χ0v) is 9.72. The minimum atomic E-state index is 0. The Hall–Kier alpha value is 0.170. The quantitative estimate of drug-likeness (QED) is 0.714. The third-order valence-electron chi connectivity index (χ3n) is 3.56. The van der Waals surface area contributed by atoms with Crippen molar-refractivity contribution in [3.05, 3.63) is 0 Å². The molecule has 2 aliphatic rings. The van der Waals surface area contributed by atoms with Crippen molar-refractivity contribution in [1.82, 2.24) is 10.2 Å². The number of nitrogens with zero attached hydrogens (tertiary/aromatic N) is 1. The van der Waals surface area contributed by atoms with Crippen LogP contribution in [0, 0.1) is 0 Å². The summed E-state index contributed by atoms with van der Waals surface area (Å²) in [7, 11) is 0. The zero-order chi connectivity index (χ0) is 9.26. The summed E-state index contributed by atoms with van der Waals surface area (Å²) < 4.78 is 0. The Morgan fingerprint density at radius 1 is 1.43 bits per heavy atom. The second kappa shape index (κ2) is 5.31. The van der Waals surface area contributed by atoms with E-state index in [1.165, 1.54) is 38.9 Å². The third kappa shape index (κ3) is 2.60. The van der Waals surface area contributed by atoms with E-state index in [1.54, 1.807) is 0 Å². The fourth-order valence-electron chi connectivity index (χ4n) is 2.48. The summed E-state index contributed by atoms with van der Waals surface area (Å²) in [6.45, 7) is 5.86. The molecule has 0 aliphatic carbocycles. The van der Waals surface area contributed by atoms with Gasteiger partial charge in [-0.1, -0.05) is 0 Å². The average molecular weight is 220 g/mol. The normalized spacial score (nSPS) is 38.6. The monoisotopic (exact) mass is 219 g/mol. The number of rotatable bonds is 2. The van der Waals surface area contributed by atoms with Crippen LogP contribution in [0.1, 0.15) is 26.2 Å². The standard InChI is InChI=1S/C10H21N3.ClH/c1-8-10(11)4-6-13(8)7-9-3-2-5-12-9;/h8-10,12H,2-7,11H2,1H3;1H/t8?,9-,10?;/m0./s1. The summed E-state index contributed by atoms with van der Waals surface area (Å²) in [4.78, 5) is 2.54. The minimum Gasteiger partial charge on any atom is -0.326 e. The van der Waals surface area contributed by atoms with Gasteiger partial charge in [-0.2, -0.15) is 0 Å². The van der Waals surface area contributed by atoms with E-state index in [-0.39, 0.29) is 12.4 Å². The topological polar surface area (TPSA) is 41.3 Å². The van der Waals surface area contributed by atoms with E-state index in [0.29, 0.717) is 12.1 Å². The maximum absolute atomic E-state index is 5.98. The Labute approximate surface area is 92.8 Å². The van der Waals surface area contributed by atoms with E-state index in [9.17, 15) is 0 Å². The van der Waals surface area contributed by atoms with Crippen molar-refractivity contribution in [2.45, 2.75) is 44.3 Å². The summed E-state index contributed by atoms with van der Waals surface area (Å²) in [5.41, 5.74) is 5.98. The molecule has 0 saturated carbocycles. The van der Waals surface area contributed by atoms with Gasteiger partial charge >= 0.3 is 0 Å². The van der Waals surface area contributed by atoms with Gasteiger partial charge in [0.05, 0.1) is 0 Å². The van der Waals surface area contributed by atoms with Crippen LogP contribution < -0.4 is 11.1 Å². The van der Waals surface area contributed by atoms with Crippen molar-refractivity contribution in [3.8, 4) is 0 Å².